The van der Waals surface area contributed by atoms with E-state index in [2.05, 4.69) is 9.97 Å². The minimum absolute atomic E-state index is 0.471. The van der Waals surface area contributed by atoms with Crippen molar-refractivity contribution in [3.05, 3.63) is 18.2 Å². The van der Waals surface area contributed by atoms with Crippen LogP contribution < -0.4 is 5.73 Å². The lowest BCUT2D eigenvalue weighted by molar-refractivity contribution is 0.469. The molecule has 0 spiro atoms. The van der Waals surface area contributed by atoms with Gasteiger partial charge in [0.25, 0.3) is 0 Å². The smallest absolute Gasteiger partial charge is 0.249 e. The van der Waals surface area contributed by atoms with Crippen molar-refractivity contribution in [3.63, 3.8) is 0 Å². The van der Waals surface area contributed by atoms with Crippen LogP contribution in [0, 0.1) is 0 Å². The second-order valence-corrected chi connectivity index (χ2v) is 4.09. The molecule has 0 unspecified atom stereocenters. The summed E-state index contributed by atoms with van der Waals surface area (Å²) in [5.41, 5.74) is 7.73. The highest BCUT2D eigenvalue weighted by molar-refractivity contribution is 5.82. The van der Waals surface area contributed by atoms with Crippen molar-refractivity contribution >= 4 is 16.9 Å². The summed E-state index contributed by atoms with van der Waals surface area (Å²) in [6.45, 7) is 0. The largest absolute Gasteiger partial charge is 0.422 e. The van der Waals surface area contributed by atoms with E-state index in [-0.39, 0.29) is 0 Å². The second-order valence-electron chi connectivity index (χ2n) is 4.09. The van der Waals surface area contributed by atoms with Gasteiger partial charge in [0.15, 0.2) is 5.52 Å². The van der Waals surface area contributed by atoms with Crippen LogP contribution in [0.5, 0.6) is 0 Å². The Morgan fingerprint density at radius 2 is 2.13 bits per heavy atom. The van der Waals surface area contributed by atoms with Crippen LogP contribution in [-0.2, 0) is 0 Å². The lowest BCUT2D eigenvalue weighted by Crippen LogP contribution is -1.92. The van der Waals surface area contributed by atoms with Gasteiger partial charge in [-0.25, -0.2) is 9.97 Å². The number of oxazole rings is 1. The quantitative estimate of drug-likeness (QED) is 0.773. The third-order valence-corrected chi connectivity index (χ3v) is 3.05. The Kier molecular flexibility index (Phi) is 1.87. The standard InChI is InChI=1S/C11H13N3O/c12-8-5-6-13-11-9(8)14-10(15-11)7-3-1-2-4-7/h5-7H,1-4H2,(H2,12,13). The molecule has 1 fully saturated rings. The van der Waals surface area contributed by atoms with Crippen LogP contribution in [0.25, 0.3) is 11.2 Å². The third kappa shape index (κ3) is 1.37. The number of aromatic nitrogens is 2. The number of fused-ring (bicyclic) bond motifs is 1. The number of nitrogen functional groups attached to an aromatic ring is 1. The van der Waals surface area contributed by atoms with Gasteiger partial charge in [0, 0.05) is 12.1 Å². The van der Waals surface area contributed by atoms with Gasteiger partial charge in [-0.2, -0.15) is 0 Å². The zero-order valence-corrected chi connectivity index (χ0v) is 8.44. The first-order chi connectivity index (χ1) is 7.34. The molecule has 0 aromatic carbocycles. The van der Waals surface area contributed by atoms with Crippen molar-refractivity contribution < 1.29 is 4.42 Å². The monoisotopic (exact) mass is 203 g/mol. The van der Waals surface area contributed by atoms with Crippen LogP contribution in [0.15, 0.2) is 16.7 Å². The molecule has 1 saturated carbocycles. The molecule has 0 bridgehead atoms. The number of nitrogens with zero attached hydrogens (tertiary/aromatic N) is 2. The minimum atomic E-state index is 0.471. The zero-order valence-electron chi connectivity index (χ0n) is 8.44. The molecular weight excluding hydrogens is 190 g/mol. The average Bonchev–Trinajstić information content (AvgIpc) is 2.86. The van der Waals surface area contributed by atoms with E-state index in [1.54, 1.807) is 12.3 Å². The Morgan fingerprint density at radius 3 is 2.87 bits per heavy atom. The highest BCUT2D eigenvalue weighted by Gasteiger charge is 2.23. The van der Waals surface area contributed by atoms with Gasteiger partial charge in [0.2, 0.25) is 11.6 Å². The molecular formula is C11H13N3O. The minimum Gasteiger partial charge on any atom is -0.422 e. The number of anilines is 1. The van der Waals surface area contributed by atoms with Gasteiger partial charge in [0.1, 0.15) is 0 Å². The van der Waals surface area contributed by atoms with Crippen molar-refractivity contribution in [3.8, 4) is 0 Å². The zero-order chi connectivity index (χ0) is 10.3. The maximum absolute atomic E-state index is 5.81. The Labute approximate surface area is 87.5 Å². The second kappa shape index (κ2) is 3.22. The first-order valence-electron chi connectivity index (χ1n) is 5.35. The fourth-order valence-electron chi connectivity index (χ4n) is 2.22. The predicted molar refractivity (Wildman–Crippen MR) is 57.4 cm³/mol. The molecule has 2 aromatic heterocycles. The van der Waals surface area contributed by atoms with Gasteiger partial charge in [-0.15, -0.1) is 0 Å². The van der Waals surface area contributed by atoms with E-state index in [9.17, 15) is 0 Å². The summed E-state index contributed by atoms with van der Waals surface area (Å²) in [7, 11) is 0. The molecule has 4 nitrogen and oxygen atoms in total. The number of hydrogen-bond acceptors (Lipinski definition) is 4. The van der Waals surface area contributed by atoms with Crippen LogP contribution in [0.2, 0.25) is 0 Å². The van der Waals surface area contributed by atoms with E-state index in [0.717, 1.165) is 5.89 Å². The van der Waals surface area contributed by atoms with Crippen LogP contribution in [0.4, 0.5) is 5.69 Å². The summed E-state index contributed by atoms with van der Waals surface area (Å²) in [4.78, 5) is 8.57. The van der Waals surface area contributed by atoms with Crippen molar-refractivity contribution in [1.82, 2.24) is 9.97 Å². The predicted octanol–water partition coefficient (Wildman–Crippen LogP) is 2.46. The van der Waals surface area contributed by atoms with E-state index in [1.807, 2.05) is 0 Å². The first kappa shape index (κ1) is 8.71. The lowest BCUT2D eigenvalue weighted by Gasteiger charge is -2.00. The van der Waals surface area contributed by atoms with Crippen molar-refractivity contribution in [2.24, 2.45) is 0 Å². The number of nitrogens with two attached hydrogens (primary N) is 1. The fraction of sp³-hybridized carbons (Fsp3) is 0.455. The van der Waals surface area contributed by atoms with Gasteiger partial charge in [-0.1, -0.05) is 12.8 Å². The molecule has 0 saturated heterocycles. The van der Waals surface area contributed by atoms with E-state index in [0.29, 0.717) is 22.8 Å². The SMILES string of the molecule is Nc1ccnc2oc(C3CCCC3)nc12. The van der Waals surface area contributed by atoms with Gasteiger partial charge >= 0.3 is 0 Å². The van der Waals surface area contributed by atoms with E-state index in [4.69, 9.17) is 10.2 Å². The van der Waals surface area contributed by atoms with Gasteiger partial charge in [-0.05, 0) is 18.9 Å². The highest BCUT2D eigenvalue weighted by Crippen LogP contribution is 2.35. The van der Waals surface area contributed by atoms with E-state index >= 15 is 0 Å². The summed E-state index contributed by atoms with van der Waals surface area (Å²) in [5, 5.41) is 0. The molecule has 0 aliphatic heterocycles. The van der Waals surface area contributed by atoms with E-state index in [1.165, 1.54) is 25.7 Å². The van der Waals surface area contributed by atoms with Gasteiger partial charge < -0.3 is 10.2 Å². The summed E-state index contributed by atoms with van der Waals surface area (Å²) < 4.78 is 5.63. The Morgan fingerprint density at radius 1 is 1.33 bits per heavy atom. The first-order valence-corrected chi connectivity index (χ1v) is 5.35. The number of pyridine rings is 1. The molecule has 78 valence electrons. The highest BCUT2D eigenvalue weighted by atomic mass is 16.4. The number of rotatable bonds is 1. The molecule has 15 heavy (non-hydrogen) atoms. The van der Waals surface area contributed by atoms with Gasteiger partial charge in [0.05, 0.1) is 5.69 Å². The summed E-state index contributed by atoms with van der Waals surface area (Å²) in [6, 6.07) is 1.75. The molecule has 0 radical (unpaired) electrons. The van der Waals surface area contributed by atoms with Crippen molar-refractivity contribution in [2.75, 3.05) is 5.73 Å². The van der Waals surface area contributed by atoms with Crippen LogP contribution in [0.1, 0.15) is 37.5 Å². The normalized spacial score (nSPS) is 17.6. The molecule has 2 heterocycles. The Balaban J connectivity index is 2.09. The van der Waals surface area contributed by atoms with Gasteiger partial charge in [-0.3, -0.25) is 0 Å². The van der Waals surface area contributed by atoms with E-state index < -0.39 is 0 Å². The molecule has 3 rings (SSSR count). The summed E-state index contributed by atoms with van der Waals surface area (Å²) in [6.07, 6.45) is 6.54. The summed E-state index contributed by atoms with van der Waals surface area (Å²) in [5.74, 6) is 1.28. The topological polar surface area (TPSA) is 64.9 Å². The van der Waals surface area contributed by atoms with Crippen LogP contribution in [-0.4, -0.2) is 9.97 Å². The average molecular weight is 203 g/mol. The molecule has 2 aromatic rings. The number of hydrogen-bond donors (Lipinski definition) is 1. The molecule has 1 aliphatic carbocycles. The van der Waals surface area contributed by atoms with Crippen LogP contribution in [0.3, 0.4) is 0 Å². The van der Waals surface area contributed by atoms with Crippen molar-refractivity contribution in [2.45, 2.75) is 31.6 Å². The third-order valence-electron chi connectivity index (χ3n) is 3.05. The maximum atomic E-state index is 5.81. The fourth-order valence-corrected chi connectivity index (χ4v) is 2.22. The molecule has 0 amide bonds. The molecule has 2 N–H and O–H groups in total. The summed E-state index contributed by atoms with van der Waals surface area (Å²) >= 11 is 0. The molecule has 4 heteroatoms. The maximum Gasteiger partial charge on any atom is 0.249 e. The molecule has 1 aliphatic rings. The Bertz CT molecular complexity index is 486. The molecule has 0 atom stereocenters. The Hall–Kier alpha value is -1.58. The van der Waals surface area contributed by atoms with Crippen LogP contribution >= 0.6 is 0 Å². The van der Waals surface area contributed by atoms with Crippen molar-refractivity contribution in [1.29, 1.82) is 0 Å². The lowest BCUT2D eigenvalue weighted by atomic mass is 10.1.